The summed E-state index contributed by atoms with van der Waals surface area (Å²) in [5, 5.41) is 12.0. The van der Waals surface area contributed by atoms with Crippen LogP contribution in [0.3, 0.4) is 0 Å². The van der Waals surface area contributed by atoms with Gasteiger partial charge in [-0.25, -0.2) is 4.79 Å². The summed E-state index contributed by atoms with van der Waals surface area (Å²) in [5.74, 6) is -1.19. The minimum atomic E-state index is -1.67. The molecule has 0 unspecified atom stereocenters. The summed E-state index contributed by atoms with van der Waals surface area (Å²) in [5.41, 5.74) is 0. The molecule has 1 heterocycles. The van der Waals surface area contributed by atoms with Gasteiger partial charge in [-0.05, 0) is 10.8 Å². The molecule has 0 amide bonds. The molecule has 0 spiro atoms. The van der Waals surface area contributed by atoms with Gasteiger partial charge in [0.2, 0.25) is 3.67 Å². The Labute approximate surface area is 76.8 Å². The lowest BCUT2D eigenvalue weighted by atomic mass is 10.6. The van der Waals surface area contributed by atoms with Crippen molar-refractivity contribution in [2.75, 3.05) is 0 Å². The Morgan fingerprint density at radius 2 is 1.82 bits per heavy atom. The van der Waals surface area contributed by atoms with Gasteiger partial charge >= 0.3 is 5.97 Å². The van der Waals surface area contributed by atoms with E-state index in [4.69, 9.17) is 28.3 Å². The second-order valence-electron chi connectivity index (χ2n) is 1.94. The smallest absolute Gasteiger partial charge is 0.349 e. The number of carboxylic acid groups (broad SMARTS) is 1. The van der Waals surface area contributed by atoms with Crippen molar-refractivity contribution in [2.24, 2.45) is 0 Å². The largest absolute Gasteiger partial charge is 0.478 e. The van der Waals surface area contributed by atoms with Gasteiger partial charge in [0.1, 0.15) is 0 Å². The van der Waals surface area contributed by atoms with E-state index in [1.54, 1.807) is 23.0 Å². The maximum absolute atomic E-state index is 10.5. The lowest BCUT2D eigenvalue weighted by Crippen LogP contribution is -2.23. The van der Waals surface area contributed by atoms with Crippen LogP contribution in [0, 0.1) is 0 Å². The van der Waals surface area contributed by atoms with Gasteiger partial charge in [0.25, 0.3) is 0 Å². The van der Waals surface area contributed by atoms with E-state index in [-0.39, 0.29) is 0 Å². The first-order valence-electron chi connectivity index (χ1n) is 2.80. The first-order chi connectivity index (χ1) is 5.05. The second kappa shape index (κ2) is 3.09. The molecule has 1 aliphatic heterocycles. The number of carbonyl (C=O) groups is 1. The Morgan fingerprint density at radius 1 is 1.36 bits per heavy atom. The van der Waals surface area contributed by atoms with Crippen LogP contribution >= 0.6 is 34.1 Å². The Balaban J connectivity index is 2.80. The van der Waals surface area contributed by atoms with Crippen LogP contribution in [0.2, 0.25) is 0 Å². The number of thiol groups is 1. The van der Waals surface area contributed by atoms with Crippen molar-refractivity contribution in [3.63, 3.8) is 0 Å². The van der Waals surface area contributed by atoms with Crippen molar-refractivity contribution in [2.45, 2.75) is 3.67 Å². The van der Waals surface area contributed by atoms with Crippen molar-refractivity contribution in [3.8, 4) is 0 Å². The molecule has 0 saturated carbocycles. The molecule has 62 valence electrons. The molecule has 0 fully saturated rings. The van der Waals surface area contributed by atoms with E-state index < -0.39 is 20.5 Å². The van der Waals surface area contributed by atoms with E-state index in [1.165, 1.54) is 0 Å². The monoisotopic (exact) mass is 212 g/mol. The molecule has 0 aliphatic carbocycles. The summed E-state index contributed by atoms with van der Waals surface area (Å²) in [6, 6.07) is 0. The second-order valence-corrected chi connectivity index (χ2v) is 5.87. The molecular weight excluding hydrogens is 207 g/mol. The van der Waals surface area contributed by atoms with Gasteiger partial charge in [-0.2, -0.15) is 10.9 Å². The zero-order valence-corrected chi connectivity index (χ0v) is 7.77. The van der Waals surface area contributed by atoms with Crippen molar-refractivity contribution in [3.05, 3.63) is 23.0 Å². The van der Waals surface area contributed by atoms with Gasteiger partial charge in [-0.1, -0.05) is 35.4 Å². The number of allylic oxidation sites excluding steroid dienone is 2. The number of rotatable bonds is 2. The zero-order chi connectivity index (χ0) is 8.48. The normalized spacial score (nSPS) is 19.3. The molecule has 0 bridgehead atoms. The number of hydrogen-bond acceptors (Lipinski definition) is 1. The molecule has 11 heavy (non-hydrogen) atoms. The fourth-order valence-corrected chi connectivity index (χ4v) is 2.57. The van der Waals surface area contributed by atoms with E-state index in [9.17, 15) is 4.79 Å². The predicted octanol–water partition coefficient (Wildman–Crippen LogP) is 2.24. The summed E-state index contributed by atoms with van der Waals surface area (Å²) < 4.78 is -1.67. The van der Waals surface area contributed by atoms with Crippen LogP contribution in [0.5, 0.6) is 0 Å². The number of aliphatic carboxylic acids is 1. The van der Waals surface area contributed by atoms with E-state index in [1.807, 2.05) is 0 Å². The van der Waals surface area contributed by atoms with Crippen molar-refractivity contribution >= 4 is 40.1 Å². The molecule has 2 nitrogen and oxygen atoms in total. The summed E-state index contributed by atoms with van der Waals surface area (Å²) in [4.78, 5) is 10.5. The highest BCUT2D eigenvalue weighted by molar-refractivity contribution is 8.26. The average Bonchev–Trinajstić information content (AvgIpc) is 2.37. The Bertz CT molecular complexity index is 223. The van der Waals surface area contributed by atoms with Crippen LogP contribution in [0.4, 0.5) is 0 Å². The van der Waals surface area contributed by atoms with E-state index in [0.29, 0.717) is 0 Å². The maximum atomic E-state index is 10.5. The molecule has 0 aromatic rings. The molecule has 0 saturated heterocycles. The van der Waals surface area contributed by atoms with Crippen molar-refractivity contribution in [1.82, 2.24) is 0 Å². The first-order valence-corrected chi connectivity index (χ1v) is 5.03. The number of hydrogen-bond donors (Lipinski definition) is 2. The fraction of sp³-hybridized carbons (Fsp3) is 0.167. The summed E-state index contributed by atoms with van der Waals surface area (Å²) in [7, 11) is -1.06. The highest BCUT2D eigenvalue weighted by Gasteiger charge is 2.38. The molecule has 5 heteroatoms. The van der Waals surface area contributed by atoms with Crippen LogP contribution in [0.15, 0.2) is 23.0 Å². The Kier molecular flexibility index (Phi) is 2.52. The number of alkyl halides is 2. The quantitative estimate of drug-likeness (QED) is 0.545. The molecule has 0 aromatic carbocycles. The summed E-state index contributed by atoms with van der Waals surface area (Å²) >= 11 is 11.1. The highest BCUT2D eigenvalue weighted by atomic mass is 35.5. The number of halogens is 2. The third kappa shape index (κ3) is 1.72. The van der Waals surface area contributed by atoms with Crippen molar-refractivity contribution < 1.29 is 9.90 Å². The van der Waals surface area contributed by atoms with E-state index in [2.05, 4.69) is 0 Å². The third-order valence-corrected chi connectivity index (χ3v) is 4.51. The fourth-order valence-electron chi connectivity index (χ4n) is 0.632. The zero-order valence-electron chi connectivity index (χ0n) is 5.37. The highest BCUT2D eigenvalue weighted by Crippen LogP contribution is 2.51. The van der Waals surface area contributed by atoms with E-state index >= 15 is 0 Å². The van der Waals surface area contributed by atoms with Crippen LogP contribution in [-0.4, -0.2) is 14.7 Å². The van der Waals surface area contributed by atoms with Gasteiger partial charge in [0.05, 0.1) is 0 Å². The first kappa shape index (κ1) is 8.97. The standard InChI is InChI=1S/C6H6Cl2O2S/c7-6(8,5(9)10)11-3-1-2-4-11/h1-4,11H,(H,9,10). The third-order valence-electron chi connectivity index (χ3n) is 1.19. The SMILES string of the molecule is O=C(O)C(Cl)(Cl)[SH]1C=CC=C1. The maximum Gasteiger partial charge on any atom is 0.349 e. The molecule has 1 rings (SSSR count). The van der Waals surface area contributed by atoms with Crippen LogP contribution < -0.4 is 0 Å². The Morgan fingerprint density at radius 3 is 2.18 bits per heavy atom. The van der Waals surface area contributed by atoms with Gasteiger partial charge < -0.3 is 5.11 Å². The summed E-state index contributed by atoms with van der Waals surface area (Å²) in [6.45, 7) is 0. The van der Waals surface area contributed by atoms with Crippen molar-refractivity contribution in [1.29, 1.82) is 0 Å². The molecule has 1 aliphatic rings. The molecule has 1 N–H and O–H groups in total. The minimum absolute atomic E-state index is 1.06. The lowest BCUT2D eigenvalue weighted by Gasteiger charge is -2.21. The van der Waals surface area contributed by atoms with E-state index in [0.717, 1.165) is 0 Å². The molecule has 0 atom stereocenters. The summed E-state index contributed by atoms with van der Waals surface area (Å²) in [6.07, 6.45) is 3.49. The minimum Gasteiger partial charge on any atom is -0.478 e. The van der Waals surface area contributed by atoms with Crippen LogP contribution in [0.25, 0.3) is 0 Å². The molecule has 0 radical (unpaired) electrons. The predicted molar refractivity (Wildman–Crippen MR) is 49.3 cm³/mol. The lowest BCUT2D eigenvalue weighted by molar-refractivity contribution is -0.135. The Hall–Kier alpha value is -0.120. The topological polar surface area (TPSA) is 37.3 Å². The van der Waals surface area contributed by atoms with Gasteiger partial charge in [-0.3, -0.25) is 0 Å². The molecular formula is C6H6Cl2O2S. The van der Waals surface area contributed by atoms with Gasteiger partial charge in [0.15, 0.2) is 0 Å². The average molecular weight is 213 g/mol. The van der Waals surface area contributed by atoms with Crippen LogP contribution in [-0.2, 0) is 4.79 Å². The van der Waals surface area contributed by atoms with Gasteiger partial charge in [0, 0.05) is 0 Å². The molecule has 0 aromatic heterocycles. The van der Waals surface area contributed by atoms with Gasteiger partial charge in [-0.15, -0.1) is 0 Å². The van der Waals surface area contributed by atoms with Crippen LogP contribution in [0.1, 0.15) is 0 Å². The number of carboxylic acids is 1.